The van der Waals surface area contributed by atoms with Crippen LogP contribution in [0.1, 0.15) is 10.4 Å². The number of rotatable bonds is 8. The van der Waals surface area contributed by atoms with Crippen molar-refractivity contribution in [2.45, 2.75) is 18.7 Å². The van der Waals surface area contributed by atoms with Gasteiger partial charge in [-0.05, 0) is 48.9 Å². The molecular formula is C27H23N3O3S2. The molecule has 176 valence electrons. The molecule has 8 heteroatoms. The minimum Gasteiger partial charge on any atom is -0.497 e. The number of carbonyl (C=O) groups is 1. The van der Waals surface area contributed by atoms with Gasteiger partial charge in [0, 0.05) is 10.4 Å². The first-order chi connectivity index (χ1) is 17.1. The van der Waals surface area contributed by atoms with Crippen LogP contribution in [0.2, 0.25) is 0 Å². The first-order valence-electron chi connectivity index (χ1n) is 11.1. The molecular weight excluding hydrogens is 478 g/mol. The average Bonchev–Trinajstić information content (AvgIpc) is 3.49. The van der Waals surface area contributed by atoms with E-state index in [9.17, 15) is 4.79 Å². The molecule has 2 aromatic heterocycles. The van der Waals surface area contributed by atoms with Gasteiger partial charge in [0.2, 0.25) is 5.91 Å². The van der Waals surface area contributed by atoms with Gasteiger partial charge in [-0.15, -0.1) is 11.3 Å². The zero-order valence-electron chi connectivity index (χ0n) is 19.3. The maximum Gasteiger partial charge on any atom is 0.257 e. The van der Waals surface area contributed by atoms with E-state index in [2.05, 4.69) is 4.98 Å². The number of thiazole rings is 1. The number of aryl methyl sites for hydroxylation is 1. The summed E-state index contributed by atoms with van der Waals surface area (Å²) in [6, 6.07) is 25.3. The van der Waals surface area contributed by atoms with Gasteiger partial charge >= 0.3 is 0 Å². The number of benzene rings is 3. The summed E-state index contributed by atoms with van der Waals surface area (Å²) >= 11 is 2.81. The second kappa shape index (κ2) is 10.3. The van der Waals surface area contributed by atoms with Crippen molar-refractivity contribution in [2.75, 3.05) is 17.8 Å². The number of oxazole rings is 1. The maximum atomic E-state index is 13.5. The number of carbonyl (C=O) groups excluding carboxylic acids is 1. The predicted octanol–water partition coefficient (Wildman–Crippen LogP) is 6.59. The highest BCUT2D eigenvalue weighted by Crippen LogP contribution is 2.34. The summed E-state index contributed by atoms with van der Waals surface area (Å²) in [5, 5.41) is 1.15. The fourth-order valence-electron chi connectivity index (χ4n) is 3.66. The normalized spacial score (nSPS) is 11.0. The first-order valence-corrected chi connectivity index (χ1v) is 12.9. The van der Waals surface area contributed by atoms with E-state index >= 15 is 0 Å². The monoisotopic (exact) mass is 501 g/mol. The molecule has 2 heterocycles. The van der Waals surface area contributed by atoms with Gasteiger partial charge in [0.05, 0.1) is 25.1 Å². The van der Waals surface area contributed by atoms with Crippen molar-refractivity contribution in [3.63, 3.8) is 0 Å². The molecule has 0 aliphatic heterocycles. The highest BCUT2D eigenvalue weighted by Gasteiger charge is 2.23. The SMILES string of the molecule is COc1ccc(-c2nc(N(Cc3ccccc3)C(=O)CSc3nc4ccccc4o3)sc2C)cc1. The van der Waals surface area contributed by atoms with Crippen molar-refractivity contribution in [3.05, 3.63) is 89.3 Å². The summed E-state index contributed by atoms with van der Waals surface area (Å²) in [5.41, 5.74) is 4.38. The number of thioether (sulfide) groups is 1. The van der Waals surface area contributed by atoms with E-state index in [1.807, 2.05) is 85.8 Å². The fraction of sp³-hybridized carbons (Fsp3) is 0.148. The Bertz CT molecular complexity index is 1410. The Morgan fingerprint density at radius 3 is 2.49 bits per heavy atom. The first kappa shape index (κ1) is 23.1. The number of ether oxygens (including phenoxy) is 1. The van der Waals surface area contributed by atoms with Crippen LogP contribution in [0.15, 0.2) is 88.5 Å². The Morgan fingerprint density at radius 2 is 1.74 bits per heavy atom. The highest BCUT2D eigenvalue weighted by atomic mass is 32.2. The van der Waals surface area contributed by atoms with Gasteiger partial charge in [0.25, 0.3) is 5.22 Å². The number of aromatic nitrogens is 2. The molecule has 0 bridgehead atoms. The summed E-state index contributed by atoms with van der Waals surface area (Å²) < 4.78 is 11.1. The molecule has 0 N–H and O–H groups in total. The highest BCUT2D eigenvalue weighted by molar-refractivity contribution is 7.99. The fourth-order valence-corrected chi connectivity index (χ4v) is 5.32. The van der Waals surface area contributed by atoms with E-state index in [-0.39, 0.29) is 11.7 Å². The summed E-state index contributed by atoms with van der Waals surface area (Å²) in [5.74, 6) is 0.922. The van der Waals surface area contributed by atoms with E-state index in [1.54, 1.807) is 12.0 Å². The van der Waals surface area contributed by atoms with E-state index in [1.165, 1.54) is 23.1 Å². The predicted molar refractivity (Wildman–Crippen MR) is 141 cm³/mol. The second-order valence-corrected chi connectivity index (χ2v) is 9.94. The lowest BCUT2D eigenvalue weighted by Crippen LogP contribution is -2.31. The summed E-state index contributed by atoms with van der Waals surface area (Å²) in [4.78, 5) is 25.6. The van der Waals surface area contributed by atoms with Crippen molar-refractivity contribution < 1.29 is 13.9 Å². The average molecular weight is 502 g/mol. The Labute approximate surface area is 211 Å². The van der Waals surface area contributed by atoms with Crippen LogP contribution in [0.4, 0.5) is 5.13 Å². The standard InChI is InChI=1S/C27H23N3O3S2/c1-18-25(20-12-14-21(32-2)15-13-20)29-26(35-18)30(16-19-8-4-3-5-9-19)24(31)17-34-27-28-22-10-6-7-11-23(22)33-27/h3-15H,16-17H2,1-2H3. The topological polar surface area (TPSA) is 68.5 Å². The lowest BCUT2D eigenvalue weighted by atomic mass is 10.1. The summed E-state index contributed by atoms with van der Waals surface area (Å²) in [7, 11) is 1.65. The molecule has 0 unspecified atom stereocenters. The van der Waals surface area contributed by atoms with Crippen molar-refractivity contribution in [1.29, 1.82) is 0 Å². The largest absolute Gasteiger partial charge is 0.497 e. The Kier molecular flexibility index (Phi) is 6.83. The molecule has 0 saturated carbocycles. The maximum absolute atomic E-state index is 13.5. The van der Waals surface area contributed by atoms with Crippen molar-refractivity contribution in [2.24, 2.45) is 0 Å². The van der Waals surface area contributed by atoms with Gasteiger partial charge in [0.15, 0.2) is 10.7 Å². The van der Waals surface area contributed by atoms with Crippen LogP contribution in [0.25, 0.3) is 22.4 Å². The molecule has 0 aliphatic carbocycles. The molecule has 3 aromatic carbocycles. The van der Waals surface area contributed by atoms with Crippen molar-refractivity contribution in [3.8, 4) is 17.0 Å². The molecule has 35 heavy (non-hydrogen) atoms. The second-order valence-electron chi connectivity index (χ2n) is 7.83. The third-order valence-corrected chi connectivity index (χ3v) is 7.26. The van der Waals surface area contributed by atoms with E-state index in [4.69, 9.17) is 14.1 Å². The zero-order chi connectivity index (χ0) is 24.2. The van der Waals surface area contributed by atoms with Crippen LogP contribution in [0.5, 0.6) is 5.75 Å². The molecule has 6 nitrogen and oxygen atoms in total. The quantitative estimate of drug-likeness (QED) is 0.223. The van der Waals surface area contributed by atoms with Gasteiger partial charge in [-0.25, -0.2) is 9.97 Å². The molecule has 0 fully saturated rings. The summed E-state index contributed by atoms with van der Waals surface area (Å²) in [6.45, 7) is 2.46. The molecule has 5 aromatic rings. The van der Waals surface area contributed by atoms with Crippen LogP contribution in [-0.2, 0) is 11.3 Å². The number of hydrogen-bond donors (Lipinski definition) is 0. The third kappa shape index (κ3) is 5.23. The Balaban J connectivity index is 1.40. The number of fused-ring (bicyclic) bond motifs is 1. The van der Waals surface area contributed by atoms with Gasteiger partial charge in [-0.2, -0.15) is 0 Å². The number of methoxy groups -OCH3 is 1. The van der Waals surface area contributed by atoms with Crippen LogP contribution in [-0.4, -0.2) is 28.7 Å². The number of anilines is 1. The lowest BCUT2D eigenvalue weighted by Gasteiger charge is -2.19. The minimum atomic E-state index is -0.0591. The molecule has 5 rings (SSSR count). The molecule has 0 saturated heterocycles. The van der Waals surface area contributed by atoms with Gasteiger partial charge in [-0.3, -0.25) is 9.69 Å². The molecule has 1 amide bonds. The van der Waals surface area contributed by atoms with Crippen molar-refractivity contribution in [1.82, 2.24) is 9.97 Å². The molecule has 0 spiro atoms. The summed E-state index contributed by atoms with van der Waals surface area (Å²) in [6.07, 6.45) is 0. The molecule has 0 radical (unpaired) electrons. The van der Waals surface area contributed by atoms with Crippen LogP contribution < -0.4 is 9.64 Å². The minimum absolute atomic E-state index is 0.0591. The number of nitrogens with zero attached hydrogens (tertiary/aromatic N) is 3. The number of para-hydroxylation sites is 2. The van der Waals surface area contributed by atoms with E-state index in [0.29, 0.717) is 22.5 Å². The lowest BCUT2D eigenvalue weighted by molar-refractivity contribution is -0.116. The molecule has 0 atom stereocenters. The third-order valence-electron chi connectivity index (χ3n) is 5.46. The smallest absolute Gasteiger partial charge is 0.257 e. The van der Waals surface area contributed by atoms with Gasteiger partial charge in [-0.1, -0.05) is 54.2 Å². The molecule has 0 aliphatic rings. The number of amides is 1. The van der Waals surface area contributed by atoms with E-state index < -0.39 is 0 Å². The van der Waals surface area contributed by atoms with Crippen LogP contribution >= 0.6 is 23.1 Å². The van der Waals surface area contributed by atoms with Crippen molar-refractivity contribution >= 4 is 45.2 Å². The van der Waals surface area contributed by atoms with E-state index in [0.717, 1.165) is 33.0 Å². The zero-order valence-corrected chi connectivity index (χ0v) is 20.9. The Hall–Kier alpha value is -3.62. The van der Waals surface area contributed by atoms with Crippen LogP contribution in [0, 0.1) is 6.92 Å². The van der Waals surface area contributed by atoms with Crippen LogP contribution in [0.3, 0.4) is 0 Å². The van der Waals surface area contributed by atoms with Gasteiger partial charge < -0.3 is 9.15 Å². The van der Waals surface area contributed by atoms with Gasteiger partial charge in [0.1, 0.15) is 11.3 Å². The number of hydrogen-bond acceptors (Lipinski definition) is 7. The Morgan fingerprint density at radius 1 is 1.00 bits per heavy atom.